The van der Waals surface area contributed by atoms with Crippen LogP contribution in [0.3, 0.4) is 0 Å². The standard InChI is InChI=1S/C27H28FN3O2/c1-31(27-13-20-9-21(14-27)12-26(28,11-20)17-27)25(33)22-7-5-18(6-8-22)16-30-24(32)23-4-2-3-19(10-23)15-29/h2-8,10,20-21H,9,11-14,16-17H2,1H3,(H,30,32). The largest absolute Gasteiger partial charge is 0.348 e. The molecule has 0 heterocycles. The molecule has 33 heavy (non-hydrogen) atoms. The highest BCUT2D eigenvalue weighted by Gasteiger charge is 2.60. The van der Waals surface area contributed by atoms with Crippen LogP contribution in [0.4, 0.5) is 4.39 Å². The molecule has 2 atom stereocenters. The van der Waals surface area contributed by atoms with Crippen LogP contribution in [0.2, 0.25) is 0 Å². The summed E-state index contributed by atoms with van der Waals surface area (Å²) in [5, 5.41) is 11.8. The van der Waals surface area contributed by atoms with Crippen LogP contribution in [0.15, 0.2) is 48.5 Å². The van der Waals surface area contributed by atoms with Crippen LogP contribution in [0.1, 0.15) is 70.4 Å². The van der Waals surface area contributed by atoms with E-state index in [1.165, 1.54) is 0 Å². The Balaban J connectivity index is 1.23. The van der Waals surface area contributed by atoms with Crippen molar-refractivity contribution in [1.82, 2.24) is 10.2 Å². The maximum Gasteiger partial charge on any atom is 0.254 e. The molecule has 2 amide bonds. The van der Waals surface area contributed by atoms with Crippen LogP contribution in [-0.4, -0.2) is 35.0 Å². The van der Waals surface area contributed by atoms with E-state index in [4.69, 9.17) is 5.26 Å². The van der Waals surface area contributed by atoms with E-state index in [1.807, 2.05) is 30.1 Å². The molecule has 4 aliphatic rings. The lowest BCUT2D eigenvalue weighted by Gasteiger charge is -2.61. The zero-order valence-corrected chi connectivity index (χ0v) is 18.8. The molecule has 170 valence electrons. The zero-order chi connectivity index (χ0) is 23.2. The number of rotatable bonds is 5. The summed E-state index contributed by atoms with van der Waals surface area (Å²) in [7, 11) is 1.84. The van der Waals surface area contributed by atoms with E-state index < -0.39 is 5.67 Å². The van der Waals surface area contributed by atoms with Crippen molar-refractivity contribution in [2.24, 2.45) is 11.8 Å². The summed E-state index contributed by atoms with van der Waals surface area (Å²) in [6, 6.07) is 15.8. The highest BCUT2D eigenvalue weighted by Crippen LogP contribution is 2.60. The molecule has 4 fully saturated rings. The van der Waals surface area contributed by atoms with E-state index >= 15 is 4.39 Å². The lowest BCUT2D eigenvalue weighted by atomic mass is 9.51. The number of alkyl halides is 1. The quantitative estimate of drug-likeness (QED) is 0.730. The van der Waals surface area contributed by atoms with Crippen LogP contribution in [0, 0.1) is 23.2 Å². The van der Waals surface area contributed by atoms with Gasteiger partial charge in [0.1, 0.15) is 5.67 Å². The molecule has 2 unspecified atom stereocenters. The predicted octanol–water partition coefficient (Wildman–Crippen LogP) is 4.62. The Bertz CT molecular complexity index is 1120. The van der Waals surface area contributed by atoms with Crippen molar-refractivity contribution in [2.45, 2.75) is 56.3 Å². The molecule has 4 aliphatic carbocycles. The van der Waals surface area contributed by atoms with Gasteiger partial charge in [-0.1, -0.05) is 18.2 Å². The Labute approximate surface area is 193 Å². The fourth-order valence-corrected chi connectivity index (χ4v) is 6.68. The number of hydrogen-bond acceptors (Lipinski definition) is 3. The third kappa shape index (κ3) is 4.01. The number of nitrogens with zero attached hydrogens (tertiary/aromatic N) is 2. The Morgan fingerprint density at radius 3 is 2.42 bits per heavy atom. The summed E-state index contributed by atoms with van der Waals surface area (Å²) in [6.07, 6.45) is 4.72. The number of carbonyl (C=O) groups is 2. The first-order valence-electron chi connectivity index (χ1n) is 11.6. The van der Waals surface area contributed by atoms with Crippen LogP contribution in [0.5, 0.6) is 0 Å². The summed E-state index contributed by atoms with van der Waals surface area (Å²) in [5.41, 5.74) is 0.860. The molecule has 6 heteroatoms. The molecule has 0 saturated heterocycles. The number of hydrogen-bond donors (Lipinski definition) is 1. The molecule has 2 aromatic rings. The van der Waals surface area contributed by atoms with Gasteiger partial charge in [-0.2, -0.15) is 5.26 Å². The molecule has 0 radical (unpaired) electrons. The van der Waals surface area contributed by atoms with E-state index in [-0.39, 0.29) is 17.4 Å². The van der Waals surface area contributed by atoms with Gasteiger partial charge in [-0.25, -0.2) is 4.39 Å². The highest BCUT2D eigenvalue weighted by atomic mass is 19.1. The highest BCUT2D eigenvalue weighted by molar-refractivity contribution is 5.95. The normalized spacial score (nSPS) is 29.4. The van der Waals surface area contributed by atoms with Crippen molar-refractivity contribution in [2.75, 3.05) is 7.05 Å². The first kappa shape index (κ1) is 21.6. The second-order valence-electron chi connectivity index (χ2n) is 10.3. The van der Waals surface area contributed by atoms with Crippen molar-refractivity contribution < 1.29 is 14.0 Å². The summed E-state index contributed by atoms with van der Waals surface area (Å²) < 4.78 is 15.3. The van der Waals surface area contributed by atoms with Gasteiger partial charge in [0.15, 0.2) is 0 Å². The summed E-state index contributed by atoms with van der Waals surface area (Å²) in [6.45, 7) is 0.317. The molecule has 6 rings (SSSR count). The molecular weight excluding hydrogens is 417 g/mol. The SMILES string of the molecule is CN(C(=O)c1ccc(CNC(=O)c2cccc(C#N)c2)cc1)C12CC3CC(CC(F)(C3)C1)C2. The van der Waals surface area contributed by atoms with E-state index in [0.29, 0.717) is 54.3 Å². The minimum atomic E-state index is -1.10. The molecule has 0 aromatic heterocycles. The number of nitrogens with one attached hydrogen (secondary N) is 1. The lowest BCUT2D eigenvalue weighted by molar-refractivity contribution is -0.126. The fourth-order valence-electron chi connectivity index (χ4n) is 6.68. The van der Waals surface area contributed by atoms with Gasteiger partial charge in [-0.15, -0.1) is 0 Å². The first-order valence-corrected chi connectivity index (χ1v) is 11.6. The molecule has 4 bridgehead atoms. The Hall–Kier alpha value is -3.20. The minimum Gasteiger partial charge on any atom is -0.348 e. The first-order chi connectivity index (χ1) is 15.8. The Morgan fingerprint density at radius 1 is 1.09 bits per heavy atom. The van der Waals surface area contributed by atoms with E-state index in [9.17, 15) is 9.59 Å². The zero-order valence-electron chi connectivity index (χ0n) is 18.8. The van der Waals surface area contributed by atoms with Gasteiger partial charge >= 0.3 is 0 Å². The molecule has 2 aromatic carbocycles. The van der Waals surface area contributed by atoms with Gasteiger partial charge in [-0.3, -0.25) is 9.59 Å². The third-order valence-electron chi connectivity index (χ3n) is 7.88. The smallest absolute Gasteiger partial charge is 0.254 e. The number of benzene rings is 2. The van der Waals surface area contributed by atoms with Crippen molar-refractivity contribution in [1.29, 1.82) is 5.26 Å². The van der Waals surface area contributed by atoms with Crippen molar-refractivity contribution in [3.05, 3.63) is 70.8 Å². The van der Waals surface area contributed by atoms with Crippen LogP contribution < -0.4 is 5.32 Å². The molecule has 0 aliphatic heterocycles. The number of halogens is 1. The number of amides is 2. The average Bonchev–Trinajstić information content (AvgIpc) is 2.80. The van der Waals surface area contributed by atoms with Gasteiger partial charge in [0.2, 0.25) is 0 Å². The topological polar surface area (TPSA) is 73.2 Å². The average molecular weight is 446 g/mol. The van der Waals surface area contributed by atoms with Gasteiger partial charge in [0.05, 0.1) is 11.6 Å². The van der Waals surface area contributed by atoms with Gasteiger partial charge in [0.25, 0.3) is 11.8 Å². The van der Waals surface area contributed by atoms with Crippen LogP contribution in [-0.2, 0) is 6.54 Å². The van der Waals surface area contributed by atoms with Crippen molar-refractivity contribution >= 4 is 11.8 Å². The Morgan fingerprint density at radius 2 is 1.79 bits per heavy atom. The van der Waals surface area contributed by atoms with Crippen molar-refractivity contribution in [3.8, 4) is 6.07 Å². The molecule has 5 nitrogen and oxygen atoms in total. The molecule has 0 spiro atoms. The van der Waals surface area contributed by atoms with E-state index in [1.54, 1.807) is 36.4 Å². The predicted molar refractivity (Wildman–Crippen MR) is 122 cm³/mol. The lowest BCUT2D eigenvalue weighted by Crippen LogP contribution is -2.64. The number of carbonyl (C=O) groups excluding carboxylic acids is 2. The summed E-state index contributed by atoms with van der Waals surface area (Å²) in [5.74, 6) is 0.469. The summed E-state index contributed by atoms with van der Waals surface area (Å²) in [4.78, 5) is 27.5. The second kappa shape index (κ2) is 7.98. The van der Waals surface area contributed by atoms with E-state index in [2.05, 4.69) is 5.32 Å². The second-order valence-corrected chi connectivity index (χ2v) is 10.3. The maximum atomic E-state index is 15.3. The fraction of sp³-hybridized carbons (Fsp3) is 0.444. The van der Waals surface area contributed by atoms with E-state index in [0.717, 1.165) is 24.8 Å². The van der Waals surface area contributed by atoms with Crippen LogP contribution in [0.25, 0.3) is 0 Å². The number of nitriles is 1. The third-order valence-corrected chi connectivity index (χ3v) is 7.88. The van der Waals surface area contributed by atoms with Crippen LogP contribution >= 0.6 is 0 Å². The van der Waals surface area contributed by atoms with Gasteiger partial charge in [-0.05, 0) is 79.8 Å². The summed E-state index contributed by atoms with van der Waals surface area (Å²) >= 11 is 0. The molecular formula is C27H28FN3O2. The van der Waals surface area contributed by atoms with Crippen molar-refractivity contribution in [3.63, 3.8) is 0 Å². The Kier molecular flexibility index (Phi) is 5.23. The molecule has 1 N–H and O–H groups in total. The van der Waals surface area contributed by atoms with Gasteiger partial charge in [0, 0.05) is 36.7 Å². The maximum absolute atomic E-state index is 15.3. The minimum absolute atomic E-state index is 0.0653. The molecule has 4 saturated carbocycles. The monoisotopic (exact) mass is 445 g/mol. The van der Waals surface area contributed by atoms with Gasteiger partial charge < -0.3 is 10.2 Å².